The largest absolute Gasteiger partial charge is 0.378 e. The first-order valence-corrected chi connectivity index (χ1v) is 7.58. The van der Waals surface area contributed by atoms with Crippen molar-refractivity contribution in [2.24, 2.45) is 0 Å². The van der Waals surface area contributed by atoms with Gasteiger partial charge in [0.05, 0.1) is 11.1 Å². The van der Waals surface area contributed by atoms with Gasteiger partial charge in [0.25, 0.3) is 0 Å². The molecule has 0 radical (unpaired) electrons. The number of rotatable bonds is 4. The normalized spacial score (nSPS) is 11.1. The van der Waals surface area contributed by atoms with Gasteiger partial charge >= 0.3 is 0 Å². The third-order valence-corrected chi connectivity index (χ3v) is 3.82. The first-order chi connectivity index (χ1) is 11.5. The molecule has 0 fully saturated rings. The van der Waals surface area contributed by atoms with Gasteiger partial charge in [-0.3, -0.25) is 0 Å². The molecule has 0 aliphatic rings. The fourth-order valence-corrected chi connectivity index (χ4v) is 2.38. The lowest BCUT2D eigenvalue weighted by Crippen LogP contribution is -2.08. The molecule has 0 aliphatic carbocycles. The molecule has 0 spiro atoms. The van der Waals surface area contributed by atoms with Crippen LogP contribution in [0.1, 0.15) is 11.1 Å². The van der Waals surface area contributed by atoms with Gasteiger partial charge in [-0.1, -0.05) is 24.3 Å². The highest BCUT2D eigenvalue weighted by Crippen LogP contribution is 2.28. The second-order valence-electron chi connectivity index (χ2n) is 5.86. The lowest BCUT2D eigenvalue weighted by Gasteiger charge is -2.14. The maximum atomic E-state index is 9.59. The highest BCUT2D eigenvalue weighted by molar-refractivity contribution is 6.02. The van der Waals surface area contributed by atoms with Crippen molar-refractivity contribution in [1.29, 1.82) is 10.5 Å². The van der Waals surface area contributed by atoms with Crippen LogP contribution in [0.4, 0.5) is 11.4 Å². The van der Waals surface area contributed by atoms with E-state index < -0.39 is 0 Å². The van der Waals surface area contributed by atoms with Crippen LogP contribution in [0.3, 0.4) is 0 Å². The molecule has 0 heterocycles. The van der Waals surface area contributed by atoms with E-state index in [2.05, 4.69) is 12.1 Å². The molecule has 4 heteroatoms. The maximum absolute atomic E-state index is 9.59. The molecule has 0 atom stereocenters. The fourth-order valence-electron chi connectivity index (χ4n) is 2.38. The zero-order valence-corrected chi connectivity index (χ0v) is 14.4. The Morgan fingerprint density at radius 3 is 1.12 bits per heavy atom. The minimum absolute atomic E-state index is 0.389. The highest BCUT2D eigenvalue weighted by Gasteiger charge is 2.12. The summed E-state index contributed by atoms with van der Waals surface area (Å²) in [4.78, 5) is 3.98. The van der Waals surface area contributed by atoms with E-state index in [1.54, 1.807) is 0 Å². The lowest BCUT2D eigenvalue weighted by atomic mass is 9.96. The number of hydrogen-bond acceptors (Lipinski definition) is 4. The fraction of sp³-hybridized carbons (Fsp3) is 0.200. The Balaban J connectivity index is 2.50. The van der Waals surface area contributed by atoms with E-state index in [1.165, 1.54) is 0 Å². The van der Waals surface area contributed by atoms with Crippen LogP contribution in [-0.4, -0.2) is 28.2 Å². The number of allylic oxidation sites excluding steroid dienone is 2. The molecule has 0 N–H and O–H groups in total. The Hall–Kier alpha value is -3.24. The summed E-state index contributed by atoms with van der Waals surface area (Å²) < 4.78 is 0. The van der Waals surface area contributed by atoms with Crippen LogP contribution in [0.2, 0.25) is 0 Å². The zero-order valence-electron chi connectivity index (χ0n) is 14.4. The van der Waals surface area contributed by atoms with Gasteiger partial charge in [-0.05, 0) is 35.4 Å². The summed E-state index contributed by atoms with van der Waals surface area (Å²) in [6, 6.07) is 19.6. The molecule has 0 amide bonds. The summed E-state index contributed by atoms with van der Waals surface area (Å²) in [6.07, 6.45) is 0. The summed E-state index contributed by atoms with van der Waals surface area (Å²) in [5, 5.41) is 19.2. The Labute approximate surface area is 143 Å². The number of nitrogens with zero attached hydrogens (tertiary/aromatic N) is 4. The van der Waals surface area contributed by atoms with Crippen molar-refractivity contribution >= 4 is 22.5 Å². The van der Waals surface area contributed by atoms with Crippen LogP contribution in [0.5, 0.6) is 0 Å². The summed E-state index contributed by atoms with van der Waals surface area (Å²) in [5.74, 6) is 0. The summed E-state index contributed by atoms with van der Waals surface area (Å²) in [6.45, 7) is 0. The molecule has 120 valence electrons. The van der Waals surface area contributed by atoms with Crippen molar-refractivity contribution in [3.63, 3.8) is 0 Å². The Bertz CT molecular complexity index is 742. The van der Waals surface area contributed by atoms with E-state index in [1.807, 2.05) is 86.5 Å². The van der Waals surface area contributed by atoms with Crippen molar-refractivity contribution in [2.75, 3.05) is 38.0 Å². The quantitative estimate of drug-likeness (QED) is 0.636. The molecule has 0 aliphatic heterocycles. The maximum Gasteiger partial charge on any atom is 0.101 e. The van der Waals surface area contributed by atoms with Crippen molar-refractivity contribution in [3.8, 4) is 12.1 Å². The minimum Gasteiger partial charge on any atom is -0.378 e. The molecular weight excluding hydrogens is 296 g/mol. The zero-order chi connectivity index (χ0) is 17.7. The molecule has 0 unspecified atom stereocenters. The van der Waals surface area contributed by atoms with Crippen LogP contribution in [0.25, 0.3) is 11.1 Å². The van der Waals surface area contributed by atoms with Crippen molar-refractivity contribution < 1.29 is 0 Å². The van der Waals surface area contributed by atoms with E-state index in [-0.39, 0.29) is 0 Å². The second kappa shape index (κ2) is 7.35. The van der Waals surface area contributed by atoms with Gasteiger partial charge in [0.2, 0.25) is 0 Å². The van der Waals surface area contributed by atoms with Crippen LogP contribution in [0.15, 0.2) is 48.5 Å². The molecule has 2 rings (SSSR count). The number of anilines is 2. The average molecular weight is 316 g/mol. The second-order valence-corrected chi connectivity index (χ2v) is 5.86. The van der Waals surface area contributed by atoms with E-state index in [4.69, 9.17) is 0 Å². The van der Waals surface area contributed by atoms with E-state index in [9.17, 15) is 10.5 Å². The molecule has 2 aromatic rings. The SMILES string of the molecule is CN(C)c1ccc(C(C#N)=C(C#N)c2ccc(N(C)C)cc2)cc1. The van der Waals surface area contributed by atoms with E-state index >= 15 is 0 Å². The van der Waals surface area contributed by atoms with Crippen molar-refractivity contribution in [2.45, 2.75) is 0 Å². The van der Waals surface area contributed by atoms with Gasteiger partial charge in [0.1, 0.15) is 12.1 Å². The van der Waals surface area contributed by atoms with Gasteiger partial charge in [-0.2, -0.15) is 10.5 Å². The van der Waals surface area contributed by atoms with Crippen molar-refractivity contribution in [3.05, 3.63) is 59.7 Å². The first kappa shape index (κ1) is 17.1. The van der Waals surface area contributed by atoms with E-state index in [0.29, 0.717) is 11.1 Å². The monoisotopic (exact) mass is 316 g/mol. The molecular formula is C20H20N4. The Morgan fingerprint density at radius 2 is 0.917 bits per heavy atom. The third kappa shape index (κ3) is 3.56. The number of hydrogen-bond donors (Lipinski definition) is 0. The first-order valence-electron chi connectivity index (χ1n) is 7.58. The number of nitriles is 2. The van der Waals surface area contributed by atoms with Gasteiger partial charge in [0.15, 0.2) is 0 Å². The van der Waals surface area contributed by atoms with Crippen LogP contribution >= 0.6 is 0 Å². The topological polar surface area (TPSA) is 54.1 Å². The van der Waals surface area contributed by atoms with Gasteiger partial charge < -0.3 is 9.80 Å². The van der Waals surface area contributed by atoms with Crippen LogP contribution in [0, 0.1) is 22.7 Å². The molecule has 0 saturated heterocycles. The van der Waals surface area contributed by atoms with Gasteiger partial charge in [-0.25, -0.2) is 0 Å². The molecule has 0 aromatic heterocycles. The standard InChI is InChI=1S/C20H20N4/c1-23(2)17-9-5-15(6-10-17)19(13-21)20(14-22)16-7-11-18(12-8-16)24(3)4/h5-12H,1-4H3. The predicted octanol–water partition coefficient (Wildman–Crippen LogP) is 3.78. The van der Waals surface area contributed by atoms with Gasteiger partial charge in [0, 0.05) is 39.6 Å². The minimum atomic E-state index is 0.389. The lowest BCUT2D eigenvalue weighted by molar-refractivity contribution is 1.13. The molecule has 0 saturated carbocycles. The predicted molar refractivity (Wildman–Crippen MR) is 99.6 cm³/mol. The smallest absolute Gasteiger partial charge is 0.101 e. The third-order valence-electron chi connectivity index (χ3n) is 3.82. The summed E-state index contributed by atoms with van der Waals surface area (Å²) in [5.41, 5.74) is 4.36. The van der Waals surface area contributed by atoms with Gasteiger partial charge in [-0.15, -0.1) is 0 Å². The van der Waals surface area contributed by atoms with Crippen LogP contribution in [-0.2, 0) is 0 Å². The molecule has 0 bridgehead atoms. The highest BCUT2D eigenvalue weighted by atomic mass is 15.1. The Morgan fingerprint density at radius 1 is 0.625 bits per heavy atom. The molecule has 4 nitrogen and oxygen atoms in total. The molecule has 24 heavy (non-hydrogen) atoms. The Kier molecular flexibility index (Phi) is 5.24. The average Bonchev–Trinajstić information content (AvgIpc) is 2.59. The van der Waals surface area contributed by atoms with Crippen LogP contribution < -0.4 is 9.80 Å². The molecule has 2 aromatic carbocycles. The number of benzene rings is 2. The summed E-state index contributed by atoms with van der Waals surface area (Å²) >= 11 is 0. The van der Waals surface area contributed by atoms with E-state index in [0.717, 1.165) is 22.5 Å². The van der Waals surface area contributed by atoms with Crippen molar-refractivity contribution in [1.82, 2.24) is 0 Å². The summed E-state index contributed by atoms with van der Waals surface area (Å²) in [7, 11) is 7.85.